The van der Waals surface area contributed by atoms with Crippen LogP contribution in [0.1, 0.15) is 6.42 Å². The minimum absolute atomic E-state index is 0.0106. The summed E-state index contributed by atoms with van der Waals surface area (Å²) in [5.41, 5.74) is 1.83. The Labute approximate surface area is 102 Å². The summed E-state index contributed by atoms with van der Waals surface area (Å²) in [5, 5.41) is 11.7. The van der Waals surface area contributed by atoms with Crippen molar-refractivity contribution in [3.8, 4) is 0 Å². The molecule has 0 unspecified atom stereocenters. The second kappa shape index (κ2) is 4.84. The standard InChI is InChI=1S/C11H13BrN2O2/c12-8-2-3-10-9(6-8)13-11(16)7-14(10)4-1-5-15/h2-3,6,15H,1,4-5,7H2,(H,13,16). The van der Waals surface area contributed by atoms with Gasteiger partial charge in [0.05, 0.1) is 17.9 Å². The summed E-state index contributed by atoms with van der Waals surface area (Å²) in [4.78, 5) is 13.5. The summed E-state index contributed by atoms with van der Waals surface area (Å²) in [6.07, 6.45) is 0.669. The van der Waals surface area contributed by atoms with Crippen LogP contribution in [0.4, 0.5) is 11.4 Å². The molecule has 0 aliphatic carbocycles. The molecule has 1 aliphatic heterocycles. The summed E-state index contributed by atoms with van der Waals surface area (Å²) >= 11 is 3.37. The van der Waals surface area contributed by atoms with Gasteiger partial charge in [0, 0.05) is 17.6 Å². The number of nitrogens with zero attached hydrogens (tertiary/aromatic N) is 1. The number of rotatable bonds is 3. The smallest absolute Gasteiger partial charge is 0.243 e. The molecule has 1 heterocycles. The zero-order chi connectivity index (χ0) is 11.5. The quantitative estimate of drug-likeness (QED) is 0.886. The van der Waals surface area contributed by atoms with Crippen LogP contribution in [0.5, 0.6) is 0 Å². The Balaban J connectivity index is 2.27. The molecule has 0 fully saturated rings. The molecule has 1 aromatic carbocycles. The number of hydrogen-bond acceptors (Lipinski definition) is 3. The van der Waals surface area contributed by atoms with Crippen molar-refractivity contribution in [2.45, 2.75) is 6.42 Å². The highest BCUT2D eigenvalue weighted by Gasteiger charge is 2.21. The van der Waals surface area contributed by atoms with Crippen LogP contribution in [-0.2, 0) is 4.79 Å². The van der Waals surface area contributed by atoms with Gasteiger partial charge in [-0.15, -0.1) is 0 Å². The second-order valence-electron chi connectivity index (χ2n) is 3.71. The SMILES string of the molecule is O=C1CN(CCCO)c2ccc(Br)cc2N1. The fourth-order valence-corrected chi connectivity index (χ4v) is 2.15. The monoisotopic (exact) mass is 284 g/mol. The van der Waals surface area contributed by atoms with E-state index in [1.807, 2.05) is 23.1 Å². The summed E-state index contributed by atoms with van der Waals surface area (Å²) in [6, 6.07) is 5.80. The van der Waals surface area contributed by atoms with Gasteiger partial charge in [0.15, 0.2) is 0 Å². The summed E-state index contributed by atoms with van der Waals surface area (Å²) < 4.78 is 0.940. The van der Waals surface area contributed by atoms with Crippen molar-refractivity contribution in [2.75, 3.05) is 29.9 Å². The lowest BCUT2D eigenvalue weighted by Gasteiger charge is -2.30. The number of carbonyl (C=O) groups is 1. The van der Waals surface area contributed by atoms with Crippen molar-refractivity contribution in [1.29, 1.82) is 0 Å². The van der Waals surface area contributed by atoms with E-state index in [9.17, 15) is 4.79 Å². The number of nitrogens with one attached hydrogen (secondary N) is 1. The van der Waals surface area contributed by atoms with E-state index < -0.39 is 0 Å². The first kappa shape index (κ1) is 11.4. The first-order valence-electron chi connectivity index (χ1n) is 5.16. The second-order valence-corrected chi connectivity index (χ2v) is 4.62. The molecule has 1 aromatic rings. The Hall–Kier alpha value is -1.07. The van der Waals surface area contributed by atoms with Crippen LogP contribution in [0.15, 0.2) is 22.7 Å². The number of anilines is 2. The Morgan fingerprint density at radius 3 is 3.06 bits per heavy atom. The van der Waals surface area contributed by atoms with Crippen molar-refractivity contribution in [3.63, 3.8) is 0 Å². The van der Waals surface area contributed by atoms with Crippen LogP contribution in [0.2, 0.25) is 0 Å². The van der Waals surface area contributed by atoms with Gasteiger partial charge in [-0.3, -0.25) is 4.79 Å². The lowest BCUT2D eigenvalue weighted by Crippen LogP contribution is -2.38. The summed E-state index contributed by atoms with van der Waals surface area (Å²) in [7, 11) is 0. The van der Waals surface area contributed by atoms with E-state index in [0.29, 0.717) is 19.5 Å². The van der Waals surface area contributed by atoms with Crippen LogP contribution in [0.25, 0.3) is 0 Å². The lowest BCUT2D eigenvalue weighted by molar-refractivity contribution is -0.115. The normalized spacial score (nSPS) is 14.6. The summed E-state index contributed by atoms with van der Waals surface area (Å²) in [6.45, 7) is 1.19. The van der Waals surface area contributed by atoms with Gasteiger partial charge in [0.1, 0.15) is 0 Å². The number of aliphatic hydroxyl groups is 1. The van der Waals surface area contributed by atoms with E-state index in [2.05, 4.69) is 21.2 Å². The van der Waals surface area contributed by atoms with Crippen LogP contribution in [0.3, 0.4) is 0 Å². The van der Waals surface area contributed by atoms with Gasteiger partial charge in [-0.2, -0.15) is 0 Å². The topological polar surface area (TPSA) is 52.6 Å². The maximum atomic E-state index is 11.5. The third kappa shape index (κ3) is 2.36. The van der Waals surface area contributed by atoms with Crippen LogP contribution in [0, 0.1) is 0 Å². The molecule has 4 nitrogen and oxygen atoms in total. The Morgan fingerprint density at radius 1 is 1.50 bits per heavy atom. The molecule has 0 atom stereocenters. The molecule has 0 saturated heterocycles. The van der Waals surface area contributed by atoms with Gasteiger partial charge >= 0.3 is 0 Å². The maximum Gasteiger partial charge on any atom is 0.243 e. The number of carbonyl (C=O) groups excluding carboxylic acids is 1. The number of hydrogen-bond donors (Lipinski definition) is 2. The van der Waals surface area contributed by atoms with Crippen LogP contribution >= 0.6 is 15.9 Å². The molecule has 86 valence electrons. The van der Waals surface area contributed by atoms with E-state index >= 15 is 0 Å². The number of halogens is 1. The Morgan fingerprint density at radius 2 is 2.31 bits per heavy atom. The maximum absolute atomic E-state index is 11.5. The molecule has 5 heteroatoms. The molecule has 0 bridgehead atoms. The fourth-order valence-electron chi connectivity index (χ4n) is 1.79. The number of amides is 1. The van der Waals surface area contributed by atoms with E-state index in [4.69, 9.17) is 5.11 Å². The van der Waals surface area contributed by atoms with Crippen molar-refractivity contribution in [3.05, 3.63) is 22.7 Å². The average Bonchev–Trinajstić information content (AvgIpc) is 2.25. The van der Waals surface area contributed by atoms with Crippen molar-refractivity contribution in [2.24, 2.45) is 0 Å². The minimum Gasteiger partial charge on any atom is -0.396 e. The van der Waals surface area contributed by atoms with Crippen molar-refractivity contribution >= 4 is 33.2 Å². The predicted octanol–water partition coefficient (Wildman–Crippen LogP) is 1.59. The number of fused-ring (bicyclic) bond motifs is 1. The van der Waals surface area contributed by atoms with Gasteiger partial charge in [0.2, 0.25) is 5.91 Å². The van der Waals surface area contributed by atoms with E-state index in [-0.39, 0.29) is 12.5 Å². The van der Waals surface area contributed by atoms with Gasteiger partial charge in [-0.1, -0.05) is 15.9 Å². The van der Waals surface area contributed by atoms with Gasteiger partial charge in [-0.25, -0.2) is 0 Å². The highest BCUT2D eigenvalue weighted by atomic mass is 79.9. The number of benzene rings is 1. The molecule has 1 aliphatic rings. The largest absolute Gasteiger partial charge is 0.396 e. The molecular weight excluding hydrogens is 272 g/mol. The first-order valence-corrected chi connectivity index (χ1v) is 5.95. The first-order chi connectivity index (χ1) is 7.70. The molecule has 2 rings (SSSR count). The Kier molecular flexibility index (Phi) is 3.46. The third-order valence-electron chi connectivity index (χ3n) is 2.49. The minimum atomic E-state index is -0.0106. The van der Waals surface area contributed by atoms with Gasteiger partial charge < -0.3 is 15.3 Å². The van der Waals surface area contributed by atoms with Gasteiger partial charge in [-0.05, 0) is 24.6 Å². The highest BCUT2D eigenvalue weighted by molar-refractivity contribution is 9.10. The van der Waals surface area contributed by atoms with E-state index in [1.165, 1.54) is 0 Å². The zero-order valence-corrected chi connectivity index (χ0v) is 10.3. The summed E-state index contributed by atoms with van der Waals surface area (Å²) in [5.74, 6) is -0.0106. The molecule has 2 N–H and O–H groups in total. The van der Waals surface area contributed by atoms with Crippen LogP contribution in [-0.4, -0.2) is 30.7 Å². The fraction of sp³-hybridized carbons (Fsp3) is 0.364. The van der Waals surface area contributed by atoms with E-state index in [0.717, 1.165) is 15.8 Å². The lowest BCUT2D eigenvalue weighted by atomic mass is 10.2. The number of aliphatic hydroxyl groups excluding tert-OH is 1. The molecule has 0 spiro atoms. The van der Waals surface area contributed by atoms with E-state index in [1.54, 1.807) is 0 Å². The van der Waals surface area contributed by atoms with Crippen molar-refractivity contribution in [1.82, 2.24) is 0 Å². The molecule has 1 amide bonds. The predicted molar refractivity (Wildman–Crippen MR) is 66.7 cm³/mol. The Bertz CT molecular complexity index is 409. The molecule has 0 saturated carbocycles. The molecule has 0 radical (unpaired) electrons. The molecule has 16 heavy (non-hydrogen) atoms. The molecular formula is C11H13BrN2O2. The molecule has 0 aromatic heterocycles. The van der Waals surface area contributed by atoms with Crippen molar-refractivity contribution < 1.29 is 9.90 Å². The zero-order valence-electron chi connectivity index (χ0n) is 8.74. The average molecular weight is 285 g/mol. The third-order valence-corrected chi connectivity index (χ3v) is 2.99. The van der Waals surface area contributed by atoms with Crippen LogP contribution < -0.4 is 10.2 Å². The van der Waals surface area contributed by atoms with Gasteiger partial charge in [0.25, 0.3) is 0 Å². The highest BCUT2D eigenvalue weighted by Crippen LogP contribution is 2.31.